The van der Waals surface area contributed by atoms with Crippen molar-refractivity contribution in [3.8, 4) is 0 Å². The maximum Gasteiger partial charge on any atom is 0.355 e. The van der Waals surface area contributed by atoms with Crippen LogP contribution in [0.3, 0.4) is 0 Å². The molecule has 0 aliphatic heterocycles. The number of ketones is 1. The number of hydrogen-bond acceptors (Lipinski definition) is 6. The molecule has 0 aliphatic carbocycles. The van der Waals surface area contributed by atoms with Gasteiger partial charge in [0.15, 0.2) is 5.78 Å². The van der Waals surface area contributed by atoms with Crippen molar-refractivity contribution in [2.75, 3.05) is 39.4 Å². The second kappa shape index (κ2) is 10.9. The molecule has 0 radical (unpaired) electrons. The minimum absolute atomic E-state index is 0.141. The van der Waals surface area contributed by atoms with Gasteiger partial charge in [-0.1, -0.05) is 13.8 Å². The van der Waals surface area contributed by atoms with Crippen molar-refractivity contribution in [1.29, 1.82) is 0 Å². The molecule has 0 heterocycles. The summed E-state index contributed by atoms with van der Waals surface area (Å²) in [6.07, 6.45) is 0. The first-order valence-electron chi connectivity index (χ1n) is 8.32. The van der Waals surface area contributed by atoms with Crippen LogP contribution in [0.5, 0.6) is 0 Å². The smallest absolute Gasteiger partial charge is 0.337 e. The molecule has 7 nitrogen and oxygen atoms in total. The van der Waals surface area contributed by atoms with Gasteiger partial charge in [0, 0.05) is 13.1 Å². The van der Waals surface area contributed by atoms with Gasteiger partial charge in [0.1, 0.15) is 0 Å². The minimum atomic E-state index is -3.76. The zero-order valence-corrected chi connectivity index (χ0v) is 16.1. The van der Waals surface area contributed by atoms with Gasteiger partial charge >= 0.3 is 7.60 Å². The van der Waals surface area contributed by atoms with Crippen LogP contribution in [0.2, 0.25) is 0 Å². The molecule has 0 saturated carbocycles. The maximum absolute atomic E-state index is 13.1. The van der Waals surface area contributed by atoms with E-state index in [1.54, 1.807) is 32.6 Å². The lowest BCUT2D eigenvalue weighted by Gasteiger charge is -2.33. The van der Waals surface area contributed by atoms with Crippen LogP contribution in [-0.4, -0.2) is 66.7 Å². The van der Waals surface area contributed by atoms with Crippen LogP contribution in [0.25, 0.3) is 0 Å². The monoisotopic (exact) mass is 350 g/mol. The third-order valence-corrected chi connectivity index (χ3v) is 5.97. The van der Waals surface area contributed by atoms with E-state index in [1.807, 2.05) is 13.8 Å². The minimum Gasteiger partial charge on any atom is -0.337 e. The van der Waals surface area contributed by atoms with E-state index in [1.165, 1.54) is 4.90 Å². The van der Waals surface area contributed by atoms with Crippen LogP contribution in [0.4, 0.5) is 0 Å². The summed E-state index contributed by atoms with van der Waals surface area (Å²) in [6.45, 7) is 12.7. The van der Waals surface area contributed by atoms with Gasteiger partial charge in [0.25, 0.3) is 5.91 Å². The summed E-state index contributed by atoms with van der Waals surface area (Å²) in [5.41, 5.74) is 0. The van der Waals surface area contributed by atoms with Crippen LogP contribution in [0.1, 0.15) is 41.5 Å². The zero-order chi connectivity index (χ0) is 18.0. The van der Waals surface area contributed by atoms with Crippen molar-refractivity contribution in [1.82, 2.24) is 9.80 Å². The van der Waals surface area contributed by atoms with Crippen LogP contribution in [0, 0.1) is 0 Å². The average Bonchev–Trinajstić information content (AvgIpc) is 2.53. The predicted molar refractivity (Wildman–Crippen MR) is 90.5 cm³/mol. The van der Waals surface area contributed by atoms with Crippen LogP contribution in [-0.2, 0) is 23.2 Å². The lowest BCUT2D eigenvalue weighted by molar-refractivity contribution is -0.146. The van der Waals surface area contributed by atoms with Gasteiger partial charge < -0.3 is 13.9 Å². The second-order valence-corrected chi connectivity index (χ2v) is 6.90. The molecule has 8 heteroatoms. The zero-order valence-electron chi connectivity index (χ0n) is 15.2. The summed E-state index contributed by atoms with van der Waals surface area (Å²) in [7, 11) is -3.76. The first kappa shape index (κ1) is 22.2. The number of hydrogen-bond donors (Lipinski definition) is 0. The molecule has 0 rings (SSSR count). The molecule has 1 atom stereocenters. The van der Waals surface area contributed by atoms with E-state index in [2.05, 4.69) is 0 Å². The number of rotatable bonds is 12. The molecule has 0 saturated heterocycles. The van der Waals surface area contributed by atoms with Crippen molar-refractivity contribution < 1.29 is 23.2 Å². The number of amides is 1. The molecular formula is C15H31N2O5P. The lowest BCUT2D eigenvalue weighted by atomic mass is 10.3. The largest absolute Gasteiger partial charge is 0.355 e. The summed E-state index contributed by atoms with van der Waals surface area (Å²) < 4.78 is 23.8. The highest BCUT2D eigenvalue weighted by atomic mass is 31.2. The third kappa shape index (κ3) is 5.68. The molecule has 1 amide bonds. The fourth-order valence-corrected chi connectivity index (χ4v) is 4.60. The third-order valence-electron chi connectivity index (χ3n) is 3.57. The first-order valence-corrected chi connectivity index (χ1v) is 9.93. The highest BCUT2D eigenvalue weighted by molar-refractivity contribution is 7.56. The number of likely N-dealkylation sites (N-methyl/N-ethyl adjacent to an activating group) is 2. The fourth-order valence-electron chi connectivity index (χ4n) is 2.39. The van der Waals surface area contributed by atoms with E-state index in [0.717, 1.165) is 0 Å². The topological polar surface area (TPSA) is 76.1 Å². The van der Waals surface area contributed by atoms with E-state index >= 15 is 0 Å². The Morgan fingerprint density at radius 1 is 0.870 bits per heavy atom. The molecule has 0 aromatic carbocycles. The van der Waals surface area contributed by atoms with Gasteiger partial charge in [-0.25, -0.2) is 0 Å². The SMILES string of the molecule is CCOP(=O)(OCC)C(C(=O)C(=O)N(CC)CC)N(CC)CC. The Kier molecular flexibility index (Phi) is 10.6. The summed E-state index contributed by atoms with van der Waals surface area (Å²) in [4.78, 5) is 28.3. The fraction of sp³-hybridized carbons (Fsp3) is 0.867. The van der Waals surface area contributed by atoms with Gasteiger partial charge in [-0.2, -0.15) is 0 Å². The van der Waals surface area contributed by atoms with Crippen molar-refractivity contribution in [3.05, 3.63) is 0 Å². The standard InChI is InChI=1S/C15H31N2O5P/c1-7-16(8-2)14(19)13(18)15(17(9-3)10-4)23(20,21-11-5)22-12-6/h15H,7-12H2,1-6H3. The maximum atomic E-state index is 13.1. The van der Waals surface area contributed by atoms with E-state index in [0.29, 0.717) is 26.2 Å². The molecular weight excluding hydrogens is 319 g/mol. The van der Waals surface area contributed by atoms with Gasteiger partial charge in [0.05, 0.1) is 13.2 Å². The van der Waals surface area contributed by atoms with E-state index in [-0.39, 0.29) is 13.2 Å². The molecule has 0 bridgehead atoms. The molecule has 23 heavy (non-hydrogen) atoms. The first-order chi connectivity index (χ1) is 10.9. The predicted octanol–water partition coefficient (Wildman–Crippen LogP) is 2.36. The second-order valence-electron chi connectivity index (χ2n) is 4.81. The Morgan fingerprint density at radius 3 is 1.61 bits per heavy atom. The molecule has 0 aliphatic rings. The number of Topliss-reactive ketones (excluding diaryl/α,β-unsaturated/α-hetero) is 1. The molecule has 136 valence electrons. The van der Waals surface area contributed by atoms with Crippen LogP contribution >= 0.6 is 7.60 Å². The van der Waals surface area contributed by atoms with Crippen molar-refractivity contribution >= 4 is 19.3 Å². The summed E-state index contributed by atoms with van der Waals surface area (Å²) in [5.74, 6) is -2.58. The number of carbonyl (C=O) groups is 2. The normalized spacial score (nSPS) is 13.2. The van der Waals surface area contributed by atoms with Gasteiger partial charge in [-0.05, 0) is 40.8 Å². The van der Waals surface area contributed by atoms with Crippen LogP contribution < -0.4 is 0 Å². The van der Waals surface area contributed by atoms with Crippen molar-refractivity contribution in [2.24, 2.45) is 0 Å². The Bertz CT molecular complexity index is 412. The molecule has 0 N–H and O–H groups in total. The summed E-state index contributed by atoms with van der Waals surface area (Å²) in [5, 5.41) is 0. The van der Waals surface area contributed by atoms with Gasteiger partial charge in [-0.15, -0.1) is 0 Å². The van der Waals surface area contributed by atoms with E-state index < -0.39 is 25.1 Å². The average molecular weight is 350 g/mol. The molecule has 0 spiro atoms. The molecule has 0 aromatic rings. The quantitative estimate of drug-likeness (QED) is 0.397. The van der Waals surface area contributed by atoms with Gasteiger partial charge in [-0.3, -0.25) is 19.1 Å². The summed E-state index contributed by atoms with van der Waals surface area (Å²) in [6, 6.07) is 0. The molecule has 1 unspecified atom stereocenters. The van der Waals surface area contributed by atoms with Gasteiger partial charge in [0.2, 0.25) is 5.78 Å². The van der Waals surface area contributed by atoms with Crippen molar-refractivity contribution in [3.63, 3.8) is 0 Å². The molecule has 0 fully saturated rings. The highest BCUT2D eigenvalue weighted by Crippen LogP contribution is 2.54. The van der Waals surface area contributed by atoms with E-state index in [4.69, 9.17) is 9.05 Å². The van der Waals surface area contributed by atoms with E-state index in [9.17, 15) is 14.2 Å². The Morgan fingerprint density at radius 2 is 1.30 bits per heavy atom. The Labute approximate surface area is 139 Å². The molecule has 0 aromatic heterocycles. The summed E-state index contributed by atoms with van der Waals surface area (Å²) >= 11 is 0. The number of carbonyl (C=O) groups excluding carboxylic acids is 2. The Balaban J connectivity index is 5.81. The van der Waals surface area contributed by atoms with Crippen molar-refractivity contribution in [2.45, 2.75) is 47.3 Å². The lowest BCUT2D eigenvalue weighted by Crippen LogP contribution is -2.49. The highest BCUT2D eigenvalue weighted by Gasteiger charge is 2.47. The Hall–Kier alpha value is -0.750. The van der Waals surface area contributed by atoms with Crippen LogP contribution in [0.15, 0.2) is 0 Å². The number of nitrogens with zero attached hydrogens (tertiary/aromatic N) is 2.